The number of benzene rings is 1. The molecule has 0 radical (unpaired) electrons. The summed E-state index contributed by atoms with van der Waals surface area (Å²) in [5.74, 6) is 0. The predicted molar refractivity (Wildman–Crippen MR) is 71.9 cm³/mol. The van der Waals surface area contributed by atoms with Gasteiger partial charge in [-0.2, -0.15) is 0 Å². The zero-order valence-electron chi connectivity index (χ0n) is 9.72. The molecule has 1 atom stereocenters. The molecule has 5 heteroatoms. The number of anilines is 1. The van der Waals surface area contributed by atoms with E-state index in [-0.39, 0.29) is 6.61 Å². The Labute approximate surface area is 107 Å². The molecule has 0 aromatic heterocycles. The van der Waals surface area contributed by atoms with Crippen molar-refractivity contribution in [1.29, 1.82) is 0 Å². The molecule has 1 fully saturated rings. The molecule has 0 bridgehead atoms. The van der Waals surface area contributed by atoms with E-state index in [1.165, 1.54) is 4.90 Å². The third-order valence-electron chi connectivity index (χ3n) is 2.87. The lowest BCUT2D eigenvalue weighted by Crippen LogP contribution is -3.17. The number of hydrogen-bond donors (Lipinski definition) is 3. The monoisotopic (exact) mass is 252 g/mol. The molecule has 3 N–H and O–H groups in total. The quantitative estimate of drug-likeness (QED) is 0.636. The Balaban J connectivity index is 2.02. The maximum Gasteiger partial charge on any atom is 0.182 e. The SMILES string of the molecule is OCCC[NH+]1CNC(=S)N(c2ccccc2)C1. The van der Waals surface area contributed by atoms with Gasteiger partial charge in [-0.25, -0.2) is 0 Å². The maximum absolute atomic E-state index is 8.86. The van der Waals surface area contributed by atoms with Gasteiger partial charge >= 0.3 is 0 Å². The Morgan fingerprint density at radius 3 is 2.82 bits per heavy atom. The third-order valence-corrected chi connectivity index (χ3v) is 3.24. The first kappa shape index (κ1) is 12.3. The first-order chi connectivity index (χ1) is 8.31. The predicted octanol–water partition coefficient (Wildman–Crippen LogP) is -0.437. The van der Waals surface area contributed by atoms with E-state index >= 15 is 0 Å². The standard InChI is InChI=1S/C12H17N3OS/c16-8-4-7-14-9-13-12(17)15(10-14)11-5-2-1-3-6-11/h1-3,5-6,16H,4,7-10H2,(H,13,17)/p+1. The van der Waals surface area contributed by atoms with Gasteiger partial charge in [-0.05, 0) is 24.4 Å². The number of quaternary nitrogens is 1. The molecule has 4 nitrogen and oxygen atoms in total. The van der Waals surface area contributed by atoms with E-state index in [4.69, 9.17) is 17.3 Å². The molecule has 0 aliphatic carbocycles. The summed E-state index contributed by atoms with van der Waals surface area (Å²) in [6, 6.07) is 10.1. The van der Waals surface area contributed by atoms with Gasteiger partial charge in [0.25, 0.3) is 0 Å². The lowest BCUT2D eigenvalue weighted by atomic mass is 10.3. The first-order valence-corrected chi connectivity index (χ1v) is 6.27. The van der Waals surface area contributed by atoms with Crippen LogP contribution in [0.5, 0.6) is 0 Å². The molecule has 1 aromatic carbocycles. The molecule has 17 heavy (non-hydrogen) atoms. The van der Waals surface area contributed by atoms with Crippen LogP contribution in [-0.4, -0.2) is 36.7 Å². The topological polar surface area (TPSA) is 39.9 Å². The Kier molecular flexibility index (Phi) is 4.30. The normalized spacial score (nSPS) is 20.2. The highest BCUT2D eigenvalue weighted by Gasteiger charge is 2.23. The van der Waals surface area contributed by atoms with E-state index in [9.17, 15) is 0 Å². The molecule has 2 rings (SSSR count). The first-order valence-electron chi connectivity index (χ1n) is 5.86. The number of nitrogens with one attached hydrogen (secondary N) is 2. The fourth-order valence-corrected chi connectivity index (χ4v) is 2.20. The molecule has 1 unspecified atom stereocenters. The minimum atomic E-state index is 0.249. The molecule has 1 heterocycles. The minimum absolute atomic E-state index is 0.249. The van der Waals surface area contributed by atoms with Crippen molar-refractivity contribution in [2.75, 3.05) is 31.4 Å². The van der Waals surface area contributed by atoms with Crippen LogP contribution >= 0.6 is 12.2 Å². The summed E-state index contributed by atoms with van der Waals surface area (Å²) in [6.45, 7) is 2.90. The highest BCUT2D eigenvalue weighted by Crippen LogP contribution is 2.12. The Hall–Kier alpha value is -1.17. The number of rotatable bonds is 4. The van der Waals surface area contributed by atoms with E-state index in [1.54, 1.807) is 0 Å². The Bertz CT molecular complexity index is 371. The summed E-state index contributed by atoms with van der Waals surface area (Å²) in [6.07, 6.45) is 0.826. The van der Waals surface area contributed by atoms with Crippen molar-refractivity contribution in [3.8, 4) is 0 Å². The van der Waals surface area contributed by atoms with Crippen molar-refractivity contribution < 1.29 is 10.0 Å². The van der Waals surface area contributed by atoms with Gasteiger partial charge < -0.3 is 15.3 Å². The van der Waals surface area contributed by atoms with Gasteiger partial charge in [0.2, 0.25) is 0 Å². The fraction of sp³-hybridized carbons (Fsp3) is 0.417. The van der Waals surface area contributed by atoms with E-state index < -0.39 is 0 Å². The number of nitrogens with zero attached hydrogens (tertiary/aromatic N) is 1. The highest BCUT2D eigenvalue weighted by molar-refractivity contribution is 7.80. The largest absolute Gasteiger partial charge is 0.396 e. The van der Waals surface area contributed by atoms with Crippen LogP contribution in [0.15, 0.2) is 30.3 Å². The highest BCUT2D eigenvalue weighted by atomic mass is 32.1. The summed E-state index contributed by atoms with van der Waals surface area (Å²) < 4.78 is 0. The summed E-state index contributed by atoms with van der Waals surface area (Å²) in [5, 5.41) is 12.9. The number of aliphatic hydroxyl groups excluding tert-OH is 1. The second-order valence-electron chi connectivity index (χ2n) is 4.16. The summed E-state index contributed by atoms with van der Waals surface area (Å²) >= 11 is 5.33. The van der Waals surface area contributed by atoms with Crippen LogP contribution in [0.4, 0.5) is 5.69 Å². The van der Waals surface area contributed by atoms with Gasteiger partial charge in [-0.3, -0.25) is 4.90 Å². The Morgan fingerprint density at radius 2 is 2.12 bits per heavy atom. The molecule has 1 aliphatic rings. The molecule has 92 valence electrons. The number of aliphatic hydroxyl groups is 1. The smallest absolute Gasteiger partial charge is 0.182 e. The van der Waals surface area contributed by atoms with Crippen LogP contribution in [0, 0.1) is 0 Å². The summed E-state index contributed by atoms with van der Waals surface area (Å²) in [7, 11) is 0. The average Bonchev–Trinajstić information content (AvgIpc) is 2.39. The fourth-order valence-electron chi connectivity index (χ4n) is 1.96. The van der Waals surface area contributed by atoms with Crippen molar-refractivity contribution in [3.63, 3.8) is 0 Å². The van der Waals surface area contributed by atoms with Crippen molar-refractivity contribution in [2.24, 2.45) is 0 Å². The Morgan fingerprint density at radius 1 is 1.35 bits per heavy atom. The molecule has 0 amide bonds. The minimum Gasteiger partial charge on any atom is -0.396 e. The molecule has 0 spiro atoms. The molecule has 1 aromatic rings. The van der Waals surface area contributed by atoms with Crippen LogP contribution in [0.2, 0.25) is 0 Å². The maximum atomic E-state index is 8.86. The van der Waals surface area contributed by atoms with Crippen LogP contribution in [0.25, 0.3) is 0 Å². The molecule has 0 saturated carbocycles. The zero-order chi connectivity index (χ0) is 12.1. The number of para-hydroxylation sites is 1. The number of thiocarbonyl (C=S) groups is 1. The van der Waals surface area contributed by atoms with Gasteiger partial charge in [0.05, 0.1) is 6.54 Å². The molecule has 1 saturated heterocycles. The second kappa shape index (κ2) is 5.95. The van der Waals surface area contributed by atoms with E-state index in [0.717, 1.165) is 37.1 Å². The molecule has 1 aliphatic heterocycles. The summed E-state index contributed by atoms with van der Waals surface area (Å²) in [5.41, 5.74) is 1.12. The van der Waals surface area contributed by atoms with Crippen molar-refractivity contribution in [3.05, 3.63) is 30.3 Å². The van der Waals surface area contributed by atoms with Gasteiger partial charge in [0.15, 0.2) is 18.4 Å². The summed E-state index contributed by atoms with van der Waals surface area (Å²) in [4.78, 5) is 3.49. The van der Waals surface area contributed by atoms with E-state index in [1.807, 2.05) is 18.2 Å². The van der Waals surface area contributed by atoms with Gasteiger partial charge in [0.1, 0.15) is 0 Å². The third kappa shape index (κ3) is 3.15. The van der Waals surface area contributed by atoms with Gasteiger partial charge in [-0.15, -0.1) is 0 Å². The second-order valence-corrected chi connectivity index (χ2v) is 4.54. The average molecular weight is 252 g/mol. The van der Waals surface area contributed by atoms with Crippen LogP contribution in [0.3, 0.4) is 0 Å². The van der Waals surface area contributed by atoms with Crippen molar-refractivity contribution in [2.45, 2.75) is 6.42 Å². The molecular weight excluding hydrogens is 234 g/mol. The lowest BCUT2D eigenvalue weighted by Gasteiger charge is -2.35. The van der Waals surface area contributed by atoms with E-state index in [0.29, 0.717) is 0 Å². The molecular formula is C12H18N3OS+. The zero-order valence-corrected chi connectivity index (χ0v) is 10.5. The van der Waals surface area contributed by atoms with Gasteiger partial charge in [-0.1, -0.05) is 18.2 Å². The van der Waals surface area contributed by atoms with Crippen molar-refractivity contribution in [1.82, 2.24) is 5.32 Å². The van der Waals surface area contributed by atoms with Crippen molar-refractivity contribution >= 4 is 23.0 Å². The van der Waals surface area contributed by atoms with Crippen LogP contribution in [0.1, 0.15) is 6.42 Å². The van der Waals surface area contributed by atoms with Gasteiger partial charge in [0, 0.05) is 18.7 Å². The van der Waals surface area contributed by atoms with Crippen LogP contribution < -0.4 is 15.1 Å². The van der Waals surface area contributed by atoms with E-state index in [2.05, 4.69) is 22.3 Å². The lowest BCUT2D eigenvalue weighted by molar-refractivity contribution is -0.903. The number of hydrogen-bond acceptors (Lipinski definition) is 2. The van der Waals surface area contributed by atoms with Crippen LogP contribution in [-0.2, 0) is 0 Å².